The molecule has 0 spiro atoms. The van der Waals surface area contributed by atoms with Gasteiger partial charge in [0.05, 0.1) is 10.1 Å². The van der Waals surface area contributed by atoms with Gasteiger partial charge in [0.15, 0.2) is 0 Å². The molecule has 1 amide bonds. The van der Waals surface area contributed by atoms with E-state index < -0.39 is 0 Å². The minimum absolute atomic E-state index is 0.153. The minimum Gasteiger partial charge on any atom is -0.324 e. The molecule has 1 fully saturated rings. The van der Waals surface area contributed by atoms with Crippen molar-refractivity contribution < 1.29 is 4.79 Å². The third-order valence-electron chi connectivity index (χ3n) is 2.59. The Morgan fingerprint density at radius 2 is 2.29 bits per heavy atom. The highest BCUT2D eigenvalue weighted by Gasteiger charge is 2.33. The summed E-state index contributed by atoms with van der Waals surface area (Å²) in [5.41, 5.74) is 0. The Kier molecular flexibility index (Phi) is 4.36. The molecule has 0 aromatic carbocycles. The molecule has 2 heterocycles. The van der Waals surface area contributed by atoms with Crippen LogP contribution in [0.15, 0.2) is 12.1 Å². The molecule has 0 bridgehead atoms. The van der Waals surface area contributed by atoms with E-state index in [4.69, 9.17) is 11.6 Å². The lowest BCUT2D eigenvalue weighted by atomic mass is 10.4. The first kappa shape index (κ1) is 13.2. The Hall–Kier alpha value is -0.230. The first-order valence-corrected chi connectivity index (χ1v) is 7.63. The van der Waals surface area contributed by atoms with Gasteiger partial charge in [-0.3, -0.25) is 4.79 Å². The first-order chi connectivity index (χ1) is 8.08. The Balaban J connectivity index is 2.08. The highest BCUT2D eigenvalue weighted by atomic mass is 35.5. The number of thioether (sulfide) groups is 1. The zero-order valence-electron chi connectivity index (χ0n) is 9.85. The van der Waals surface area contributed by atoms with Crippen molar-refractivity contribution in [1.29, 1.82) is 0 Å². The number of likely N-dealkylation sites (N-methyl/N-ethyl adjacent to an activating group) is 1. The van der Waals surface area contributed by atoms with E-state index in [1.54, 1.807) is 23.1 Å². The molecule has 1 aromatic rings. The first-order valence-electron chi connectivity index (χ1n) is 5.39. The van der Waals surface area contributed by atoms with Gasteiger partial charge < -0.3 is 9.80 Å². The van der Waals surface area contributed by atoms with Crippen molar-refractivity contribution >= 4 is 40.6 Å². The SMILES string of the molecule is CN(C)CCN1C(=O)CSC1c1ccc(Cl)s1. The largest absolute Gasteiger partial charge is 0.324 e. The van der Waals surface area contributed by atoms with E-state index in [0.29, 0.717) is 5.75 Å². The van der Waals surface area contributed by atoms with Crippen molar-refractivity contribution in [3.05, 3.63) is 21.3 Å². The number of nitrogens with zero attached hydrogens (tertiary/aromatic N) is 2. The van der Waals surface area contributed by atoms with Crippen molar-refractivity contribution in [3.63, 3.8) is 0 Å². The van der Waals surface area contributed by atoms with Crippen LogP contribution in [-0.4, -0.2) is 48.6 Å². The average Bonchev–Trinajstić information content (AvgIpc) is 2.82. The maximum atomic E-state index is 11.8. The van der Waals surface area contributed by atoms with Gasteiger partial charge in [0.2, 0.25) is 5.91 Å². The molecular formula is C11H15ClN2OS2. The molecule has 1 unspecified atom stereocenters. The van der Waals surface area contributed by atoms with Gasteiger partial charge in [0.25, 0.3) is 0 Å². The zero-order chi connectivity index (χ0) is 12.4. The zero-order valence-corrected chi connectivity index (χ0v) is 12.2. The van der Waals surface area contributed by atoms with Crippen LogP contribution < -0.4 is 0 Å². The fourth-order valence-corrected chi connectivity index (χ4v) is 4.22. The third-order valence-corrected chi connectivity index (χ3v) is 5.26. The van der Waals surface area contributed by atoms with Crippen molar-refractivity contribution in [2.24, 2.45) is 0 Å². The third kappa shape index (κ3) is 3.16. The summed E-state index contributed by atoms with van der Waals surface area (Å²) in [6, 6.07) is 3.92. The molecule has 2 rings (SSSR count). The van der Waals surface area contributed by atoms with Crippen LogP contribution >= 0.6 is 34.7 Å². The van der Waals surface area contributed by atoms with Crippen molar-refractivity contribution in [2.75, 3.05) is 32.9 Å². The lowest BCUT2D eigenvalue weighted by Crippen LogP contribution is -2.34. The number of rotatable bonds is 4. The van der Waals surface area contributed by atoms with Gasteiger partial charge in [-0.05, 0) is 26.2 Å². The highest BCUT2D eigenvalue weighted by Crippen LogP contribution is 2.42. The van der Waals surface area contributed by atoms with Gasteiger partial charge in [-0.25, -0.2) is 0 Å². The van der Waals surface area contributed by atoms with Gasteiger partial charge in [-0.15, -0.1) is 23.1 Å². The van der Waals surface area contributed by atoms with Crippen LogP contribution in [0.1, 0.15) is 10.3 Å². The lowest BCUT2D eigenvalue weighted by molar-refractivity contribution is -0.128. The average molecular weight is 291 g/mol. The molecule has 0 saturated carbocycles. The summed E-state index contributed by atoms with van der Waals surface area (Å²) in [6.45, 7) is 1.67. The number of carbonyl (C=O) groups excluding carboxylic acids is 1. The molecule has 1 atom stereocenters. The van der Waals surface area contributed by atoms with Crippen LogP contribution in [0.4, 0.5) is 0 Å². The van der Waals surface area contributed by atoms with Gasteiger partial charge in [-0.2, -0.15) is 0 Å². The maximum Gasteiger partial charge on any atom is 0.233 e. The van der Waals surface area contributed by atoms with E-state index in [-0.39, 0.29) is 11.3 Å². The van der Waals surface area contributed by atoms with Gasteiger partial charge in [0.1, 0.15) is 5.37 Å². The van der Waals surface area contributed by atoms with Crippen LogP contribution in [0.2, 0.25) is 4.34 Å². The lowest BCUT2D eigenvalue weighted by Gasteiger charge is -2.24. The van der Waals surface area contributed by atoms with E-state index in [1.807, 2.05) is 31.1 Å². The summed E-state index contributed by atoms with van der Waals surface area (Å²) in [5.74, 6) is 0.805. The van der Waals surface area contributed by atoms with Crippen LogP contribution in [0.3, 0.4) is 0 Å². The summed E-state index contributed by atoms with van der Waals surface area (Å²) in [4.78, 5) is 17.0. The Morgan fingerprint density at radius 1 is 1.53 bits per heavy atom. The predicted octanol–water partition coefficient (Wildman–Crippen LogP) is 2.54. The van der Waals surface area contributed by atoms with E-state index in [1.165, 1.54) is 4.88 Å². The topological polar surface area (TPSA) is 23.6 Å². The molecule has 6 heteroatoms. The second kappa shape index (κ2) is 5.61. The van der Waals surface area contributed by atoms with Crippen LogP contribution in [0.25, 0.3) is 0 Å². The summed E-state index contributed by atoms with van der Waals surface area (Å²) in [5, 5.41) is 0.153. The summed E-state index contributed by atoms with van der Waals surface area (Å²) in [7, 11) is 4.04. The van der Waals surface area contributed by atoms with E-state index in [2.05, 4.69) is 4.90 Å². The Bertz CT molecular complexity index is 408. The number of amides is 1. The normalized spacial score (nSPS) is 20.6. The maximum absolute atomic E-state index is 11.8. The molecular weight excluding hydrogens is 276 g/mol. The second-order valence-corrected chi connectivity index (χ2v) is 7.01. The molecule has 94 valence electrons. The molecule has 0 N–H and O–H groups in total. The predicted molar refractivity (Wildman–Crippen MR) is 74.8 cm³/mol. The fraction of sp³-hybridized carbons (Fsp3) is 0.545. The highest BCUT2D eigenvalue weighted by molar-refractivity contribution is 8.00. The molecule has 1 saturated heterocycles. The molecule has 3 nitrogen and oxygen atoms in total. The van der Waals surface area contributed by atoms with Gasteiger partial charge in [0, 0.05) is 18.0 Å². The monoisotopic (exact) mass is 290 g/mol. The fourth-order valence-electron chi connectivity index (χ4n) is 1.70. The summed E-state index contributed by atoms with van der Waals surface area (Å²) >= 11 is 9.20. The van der Waals surface area contributed by atoms with Crippen LogP contribution in [-0.2, 0) is 4.79 Å². The molecule has 0 radical (unpaired) electrons. The summed E-state index contributed by atoms with van der Waals surface area (Å²) in [6.07, 6.45) is 0. The number of carbonyl (C=O) groups is 1. The molecule has 17 heavy (non-hydrogen) atoms. The Morgan fingerprint density at radius 3 is 2.88 bits per heavy atom. The van der Waals surface area contributed by atoms with Crippen LogP contribution in [0.5, 0.6) is 0 Å². The van der Waals surface area contributed by atoms with Gasteiger partial charge in [-0.1, -0.05) is 11.6 Å². The van der Waals surface area contributed by atoms with Crippen molar-refractivity contribution in [2.45, 2.75) is 5.37 Å². The van der Waals surface area contributed by atoms with E-state index >= 15 is 0 Å². The molecule has 1 aromatic heterocycles. The standard InChI is InChI=1S/C11H15ClN2OS2/c1-13(2)5-6-14-10(15)7-16-11(14)8-3-4-9(12)17-8/h3-4,11H,5-7H2,1-2H3. The van der Waals surface area contributed by atoms with Crippen molar-refractivity contribution in [1.82, 2.24) is 9.80 Å². The van der Waals surface area contributed by atoms with E-state index in [9.17, 15) is 4.79 Å². The molecule has 1 aliphatic rings. The summed E-state index contributed by atoms with van der Waals surface area (Å²) < 4.78 is 0.785. The number of hydrogen-bond acceptors (Lipinski definition) is 4. The number of thiophene rings is 1. The molecule has 1 aliphatic heterocycles. The Labute approximate surface area is 115 Å². The smallest absolute Gasteiger partial charge is 0.233 e. The quantitative estimate of drug-likeness (QED) is 0.851. The van der Waals surface area contributed by atoms with E-state index in [0.717, 1.165) is 17.4 Å². The number of hydrogen-bond donors (Lipinski definition) is 0. The number of halogens is 1. The van der Waals surface area contributed by atoms with Crippen LogP contribution in [0, 0.1) is 0 Å². The molecule has 0 aliphatic carbocycles. The van der Waals surface area contributed by atoms with Crippen molar-refractivity contribution in [3.8, 4) is 0 Å². The minimum atomic E-state index is 0.153. The van der Waals surface area contributed by atoms with Gasteiger partial charge >= 0.3 is 0 Å². The second-order valence-electron chi connectivity index (χ2n) is 4.20.